The Morgan fingerprint density at radius 2 is 1.47 bits per heavy atom. The Kier molecular flexibility index (Phi) is 11.3. The van der Waals surface area contributed by atoms with E-state index < -0.39 is 34.2 Å². The van der Waals surface area contributed by atoms with Crippen molar-refractivity contribution in [3.63, 3.8) is 0 Å². The molecule has 0 radical (unpaired) electrons. The summed E-state index contributed by atoms with van der Waals surface area (Å²) in [5.74, 6) is -0.713. The minimum Gasteiger partial charge on any atom is -0.490 e. The Morgan fingerprint density at radius 3 is 2.13 bits per heavy atom. The summed E-state index contributed by atoms with van der Waals surface area (Å²) in [6, 6.07) is 30.6. The number of aliphatic hydroxyl groups excluding tert-OH is 1. The quantitative estimate of drug-likeness (QED) is 0.150. The van der Waals surface area contributed by atoms with Crippen LogP contribution >= 0.6 is 0 Å². The molecule has 1 aliphatic carbocycles. The molecule has 0 saturated heterocycles. The summed E-state index contributed by atoms with van der Waals surface area (Å²) in [5.41, 5.74) is 9.30. The third kappa shape index (κ3) is 9.67. The van der Waals surface area contributed by atoms with E-state index in [1.807, 2.05) is 30.3 Å². The topological polar surface area (TPSA) is 145 Å². The molecule has 0 aromatic heterocycles. The second-order valence-electron chi connectivity index (χ2n) is 11.8. The zero-order valence-corrected chi connectivity index (χ0v) is 26.9. The smallest absolute Gasteiger partial charge is 0.404 e. The van der Waals surface area contributed by atoms with Crippen molar-refractivity contribution in [1.82, 2.24) is 4.72 Å². The average molecular weight is 657 g/mol. The summed E-state index contributed by atoms with van der Waals surface area (Å²) in [4.78, 5) is 24.9. The fourth-order valence-corrected chi connectivity index (χ4v) is 6.94. The van der Waals surface area contributed by atoms with E-state index in [1.54, 1.807) is 72.8 Å². The van der Waals surface area contributed by atoms with Crippen molar-refractivity contribution in [1.29, 1.82) is 0 Å². The van der Waals surface area contributed by atoms with Gasteiger partial charge in [0.25, 0.3) is 5.91 Å². The van der Waals surface area contributed by atoms with Gasteiger partial charge in [0, 0.05) is 0 Å². The molecule has 4 N–H and O–H groups in total. The summed E-state index contributed by atoms with van der Waals surface area (Å²) in [6.45, 7) is 0. The van der Waals surface area contributed by atoms with Crippen LogP contribution in [0.1, 0.15) is 71.7 Å². The van der Waals surface area contributed by atoms with Gasteiger partial charge in [0.15, 0.2) is 0 Å². The lowest BCUT2D eigenvalue weighted by Gasteiger charge is -2.24. The number of hydrogen-bond donors (Lipinski definition) is 3. The van der Waals surface area contributed by atoms with E-state index in [-0.39, 0.29) is 17.4 Å². The molecule has 5 rings (SSSR count). The van der Waals surface area contributed by atoms with Crippen LogP contribution in [0.15, 0.2) is 103 Å². The molecule has 2 amide bonds. The standard InChI is InChI=1S/C37H40N2O7S/c38-37(42)46-33(35(40)29-12-6-2-7-13-29)23-18-26-16-19-28(20-17-26)30-21-22-32(34(24-30)45-31-14-8-3-9-15-31)36(41)39-47(43,44)25-27-10-4-1-5-11-27/h1-2,4-7,10-13,16-17,19-22,24,31,33,35,40H,3,8-9,14-15,18,23,25H2,(H2,38,42)(H,39,41)/t33?,35-/m1/s1. The maximum Gasteiger partial charge on any atom is 0.404 e. The molecule has 9 nitrogen and oxygen atoms in total. The molecule has 0 aliphatic heterocycles. The van der Waals surface area contributed by atoms with Crippen molar-refractivity contribution in [2.75, 3.05) is 0 Å². The Balaban J connectivity index is 1.32. The number of carbonyl (C=O) groups excluding carboxylic acids is 2. The summed E-state index contributed by atoms with van der Waals surface area (Å²) >= 11 is 0. The molecule has 4 aromatic rings. The number of benzene rings is 4. The zero-order chi connectivity index (χ0) is 33.2. The van der Waals surface area contributed by atoms with Crippen LogP contribution in [0, 0.1) is 0 Å². The molecule has 1 unspecified atom stereocenters. The lowest BCUT2D eigenvalue weighted by molar-refractivity contribution is 0.000953. The SMILES string of the molecule is NC(=O)OC(CCc1ccc(-c2ccc(C(=O)NS(=O)(=O)Cc3ccccc3)c(OC3CCCCC3)c2)cc1)[C@H](O)c1ccccc1. The number of rotatable bonds is 13. The predicted molar refractivity (Wildman–Crippen MR) is 180 cm³/mol. The van der Waals surface area contributed by atoms with Gasteiger partial charge in [-0.2, -0.15) is 0 Å². The summed E-state index contributed by atoms with van der Waals surface area (Å²) in [5, 5.41) is 10.8. The van der Waals surface area contributed by atoms with Gasteiger partial charge in [0.2, 0.25) is 10.0 Å². The fraction of sp³-hybridized carbons (Fsp3) is 0.297. The molecule has 1 fully saturated rings. The van der Waals surface area contributed by atoms with Crippen LogP contribution in [-0.4, -0.2) is 37.7 Å². The molecule has 47 heavy (non-hydrogen) atoms. The van der Waals surface area contributed by atoms with Gasteiger partial charge in [-0.3, -0.25) is 4.79 Å². The van der Waals surface area contributed by atoms with Gasteiger partial charge in [-0.15, -0.1) is 0 Å². The van der Waals surface area contributed by atoms with Crippen LogP contribution in [0.25, 0.3) is 11.1 Å². The molecule has 1 aliphatic rings. The van der Waals surface area contributed by atoms with E-state index in [0.717, 1.165) is 48.8 Å². The van der Waals surface area contributed by atoms with Crippen LogP contribution in [0.2, 0.25) is 0 Å². The van der Waals surface area contributed by atoms with E-state index in [1.165, 1.54) is 0 Å². The Bertz CT molecular complexity index is 1740. The van der Waals surface area contributed by atoms with Gasteiger partial charge in [-0.05, 0) is 78.5 Å². The number of carbonyl (C=O) groups is 2. The highest BCUT2D eigenvalue weighted by Crippen LogP contribution is 2.32. The third-order valence-electron chi connectivity index (χ3n) is 8.29. The lowest BCUT2D eigenvalue weighted by atomic mass is 9.96. The maximum absolute atomic E-state index is 13.3. The van der Waals surface area contributed by atoms with Gasteiger partial charge in [0.1, 0.15) is 18.0 Å². The number of nitrogens with one attached hydrogen (secondary N) is 1. The highest BCUT2D eigenvalue weighted by molar-refractivity contribution is 7.89. The van der Waals surface area contributed by atoms with E-state index in [0.29, 0.717) is 29.7 Å². The van der Waals surface area contributed by atoms with Gasteiger partial charge in [-0.25, -0.2) is 17.9 Å². The van der Waals surface area contributed by atoms with Crippen molar-refractivity contribution in [2.45, 2.75) is 69.0 Å². The number of aryl methyl sites for hydroxylation is 1. The number of aliphatic hydroxyl groups is 1. The third-order valence-corrected chi connectivity index (χ3v) is 9.50. The average Bonchev–Trinajstić information content (AvgIpc) is 3.07. The number of ether oxygens (including phenoxy) is 2. The molecule has 0 heterocycles. The molecule has 4 aromatic carbocycles. The number of sulfonamides is 1. The first-order valence-electron chi connectivity index (χ1n) is 15.8. The van der Waals surface area contributed by atoms with Crippen molar-refractivity contribution in [2.24, 2.45) is 5.73 Å². The number of amides is 2. The fourth-order valence-electron chi connectivity index (χ4n) is 5.84. The zero-order valence-electron chi connectivity index (χ0n) is 26.1. The van der Waals surface area contributed by atoms with Gasteiger partial charge < -0.3 is 20.3 Å². The molecule has 2 atom stereocenters. The van der Waals surface area contributed by atoms with E-state index in [4.69, 9.17) is 15.2 Å². The van der Waals surface area contributed by atoms with Crippen LogP contribution in [-0.2, 0) is 26.9 Å². The molecule has 10 heteroatoms. The second kappa shape index (κ2) is 15.8. The predicted octanol–water partition coefficient (Wildman–Crippen LogP) is 6.46. The minimum absolute atomic E-state index is 0.0596. The monoisotopic (exact) mass is 656 g/mol. The van der Waals surface area contributed by atoms with Crippen molar-refractivity contribution in [3.05, 3.63) is 125 Å². The Hall–Kier alpha value is -4.67. The van der Waals surface area contributed by atoms with Gasteiger partial charge in [0.05, 0.1) is 17.4 Å². The second-order valence-corrected chi connectivity index (χ2v) is 13.6. The van der Waals surface area contributed by atoms with Crippen LogP contribution in [0.5, 0.6) is 5.75 Å². The first-order chi connectivity index (χ1) is 22.7. The minimum atomic E-state index is -3.94. The molecule has 246 valence electrons. The number of primary amides is 1. The van der Waals surface area contributed by atoms with Gasteiger partial charge in [-0.1, -0.05) is 97.4 Å². The first-order valence-corrected chi connectivity index (χ1v) is 17.5. The van der Waals surface area contributed by atoms with E-state index >= 15 is 0 Å². The number of hydrogen-bond acceptors (Lipinski definition) is 7. The van der Waals surface area contributed by atoms with Crippen LogP contribution in [0.3, 0.4) is 0 Å². The van der Waals surface area contributed by atoms with Crippen LogP contribution < -0.4 is 15.2 Å². The largest absolute Gasteiger partial charge is 0.490 e. The maximum atomic E-state index is 13.3. The van der Waals surface area contributed by atoms with Crippen molar-refractivity contribution < 1.29 is 32.6 Å². The first kappa shape index (κ1) is 33.7. The van der Waals surface area contributed by atoms with Crippen LogP contribution in [0.4, 0.5) is 4.79 Å². The molecule has 0 bridgehead atoms. The summed E-state index contributed by atoms with van der Waals surface area (Å²) in [7, 11) is -3.94. The summed E-state index contributed by atoms with van der Waals surface area (Å²) in [6.07, 6.45) is 2.98. The van der Waals surface area contributed by atoms with E-state index in [2.05, 4.69) is 4.72 Å². The lowest BCUT2D eigenvalue weighted by Crippen LogP contribution is -2.32. The Labute approximate surface area is 275 Å². The molecular weight excluding hydrogens is 616 g/mol. The summed E-state index contributed by atoms with van der Waals surface area (Å²) < 4.78 is 39.5. The number of nitrogens with two attached hydrogens (primary N) is 1. The highest BCUT2D eigenvalue weighted by atomic mass is 32.2. The Morgan fingerprint density at radius 1 is 0.830 bits per heavy atom. The molecule has 0 spiro atoms. The molecule has 1 saturated carbocycles. The van der Waals surface area contributed by atoms with E-state index in [9.17, 15) is 23.1 Å². The highest BCUT2D eigenvalue weighted by Gasteiger charge is 2.25. The molecular formula is C37H40N2O7S. The normalized spacial score (nSPS) is 14.9. The van der Waals surface area contributed by atoms with Crippen molar-refractivity contribution >= 4 is 22.0 Å². The van der Waals surface area contributed by atoms with Crippen molar-refractivity contribution in [3.8, 4) is 16.9 Å². The van der Waals surface area contributed by atoms with Gasteiger partial charge >= 0.3 is 6.09 Å².